The van der Waals surface area contributed by atoms with E-state index in [0.717, 1.165) is 22.3 Å². The zero-order valence-corrected chi connectivity index (χ0v) is 42.7. The van der Waals surface area contributed by atoms with E-state index in [2.05, 4.69) is 20.4 Å². The molecule has 0 N–H and O–H groups in total. The van der Waals surface area contributed by atoms with Crippen LogP contribution >= 0.6 is 0 Å². The van der Waals surface area contributed by atoms with E-state index in [9.17, 15) is 25.3 Å². The summed E-state index contributed by atoms with van der Waals surface area (Å²) >= 11 is 0. The van der Waals surface area contributed by atoms with Gasteiger partial charge in [0.15, 0.2) is 0 Å². The van der Waals surface area contributed by atoms with E-state index in [1.54, 1.807) is 97.1 Å². The monoisotopic (exact) mass is 1020 g/mol. The molecule has 10 nitrogen and oxygen atoms in total. The van der Waals surface area contributed by atoms with Crippen LogP contribution in [0.4, 0.5) is 0 Å². The Kier molecular flexibility index (Phi) is 14.7. The van der Waals surface area contributed by atoms with E-state index in [-0.39, 0.29) is 34.8 Å². The minimum atomic E-state index is -3.90. The van der Waals surface area contributed by atoms with E-state index in [1.807, 2.05) is 62.4 Å². The Labute approximate surface area is 422 Å². The summed E-state index contributed by atoms with van der Waals surface area (Å²) in [4.78, 5) is 0.789. The molecule has 8 aromatic rings. The third kappa shape index (κ3) is 10.9. The van der Waals surface area contributed by atoms with E-state index in [1.165, 1.54) is 61.7 Å². The smallest absolute Gasteiger partial charge is 0.206 e. The van der Waals surface area contributed by atoms with Crippen molar-refractivity contribution in [3.63, 3.8) is 0 Å². The Balaban J connectivity index is 0.874. The van der Waals surface area contributed by atoms with Crippen LogP contribution < -0.4 is 18.9 Å². The maximum Gasteiger partial charge on any atom is 0.206 e. The summed E-state index contributed by atoms with van der Waals surface area (Å²) in [7, 11) is -9.93. The Morgan fingerprint density at radius 1 is 0.458 bits per heavy atom. The first-order valence-corrected chi connectivity index (χ1v) is 27.3. The van der Waals surface area contributed by atoms with Gasteiger partial charge < -0.3 is 18.9 Å². The lowest BCUT2D eigenvalue weighted by atomic mass is 9.78. The van der Waals surface area contributed by atoms with E-state index >= 15 is 0 Å². The van der Waals surface area contributed by atoms with Gasteiger partial charge in [-0.25, -0.2) is 25.3 Å². The first-order chi connectivity index (χ1) is 34.4. The van der Waals surface area contributed by atoms with Crippen LogP contribution in [0.15, 0.2) is 230 Å². The highest BCUT2D eigenvalue weighted by Crippen LogP contribution is 2.37. The first kappa shape index (κ1) is 50.7. The predicted molar refractivity (Wildman–Crippen MR) is 280 cm³/mol. The first-order valence-electron chi connectivity index (χ1n) is 22.8. The Bertz CT molecular complexity index is 3610. The summed E-state index contributed by atoms with van der Waals surface area (Å²) in [6.07, 6.45) is 5.83. The molecule has 0 aliphatic heterocycles. The van der Waals surface area contributed by atoms with Crippen molar-refractivity contribution in [3.05, 3.63) is 229 Å². The van der Waals surface area contributed by atoms with Gasteiger partial charge in [0.25, 0.3) is 0 Å². The fourth-order valence-corrected chi connectivity index (χ4v) is 11.8. The molecule has 0 aromatic heterocycles. The second kappa shape index (κ2) is 20.9. The van der Waals surface area contributed by atoms with Crippen LogP contribution in [0.5, 0.6) is 40.2 Å². The van der Waals surface area contributed by atoms with Gasteiger partial charge in [0.2, 0.25) is 29.5 Å². The molecule has 0 saturated carbocycles. The minimum absolute atomic E-state index is 0.0688. The van der Waals surface area contributed by atoms with Gasteiger partial charge in [-0.15, -0.1) is 6.58 Å². The molecule has 0 amide bonds. The average Bonchev–Trinajstić information content (AvgIpc) is 3.38. The molecule has 0 aliphatic carbocycles. The molecule has 0 bridgehead atoms. The average molecular weight is 1020 g/mol. The SMILES string of the molecule is C=CCc1cc(S(=O)(=O)c2ccc(Oc3ccc(S(=O)(=O)c4ccc(Oc5ccc(C(C)(C)c6ccc(Oc7ccc(S(=O)(=O)c8ccc(OC)cc8)cc7)cc6)cc5)cc4)cc3)c(/C=C/C)c2)ccc1C. The van der Waals surface area contributed by atoms with Gasteiger partial charge >= 0.3 is 0 Å². The summed E-state index contributed by atoms with van der Waals surface area (Å²) in [6.45, 7) is 11.8. The molecule has 0 spiro atoms. The molecule has 0 heterocycles. The van der Waals surface area contributed by atoms with Crippen molar-refractivity contribution in [2.75, 3.05) is 7.11 Å². The van der Waals surface area contributed by atoms with E-state index in [0.29, 0.717) is 52.2 Å². The third-order valence-electron chi connectivity index (χ3n) is 12.3. The van der Waals surface area contributed by atoms with Crippen molar-refractivity contribution < 1.29 is 44.2 Å². The number of sulfone groups is 3. The third-order valence-corrected chi connectivity index (χ3v) is 17.6. The fraction of sp³-hybridized carbons (Fsp3) is 0.119. The number of hydrogen-bond donors (Lipinski definition) is 0. The molecule has 0 atom stereocenters. The number of hydrogen-bond acceptors (Lipinski definition) is 10. The van der Waals surface area contributed by atoms with Crippen LogP contribution in [0.2, 0.25) is 0 Å². The van der Waals surface area contributed by atoms with Gasteiger partial charge in [0, 0.05) is 11.0 Å². The normalized spacial score (nSPS) is 12.1. The van der Waals surface area contributed by atoms with E-state index < -0.39 is 29.5 Å². The maximum absolute atomic E-state index is 13.7. The number of rotatable bonds is 18. The van der Waals surface area contributed by atoms with Crippen LogP contribution in [-0.2, 0) is 41.3 Å². The van der Waals surface area contributed by atoms with Gasteiger partial charge in [-0.1, -0.05) is 62.4 Å². The van der Waals surface area contributed by atoms with Crippen molar-refractivity contribution in [2.45, 2.75) is 68.9 Å². The quantitative estimate of drug-likeness (QED) is 0.0763. The number of methoxy groups -OCH3 is 1. The highest BCUT2D eigenvalue weighted by atomic mass is 32.2. The molecular formula is C59H52O10S3. The summed E-state index contributed by atoms with van der Waals surface area (Å²) in [5, 5.41) is 0. The Morgan fingerprint density at radius 3 is 1.21 bits per heavy atom. The molecule has 0 unspecified atom stereocenters. The standard InChI is InChI=1S/C59H52O10S3/c1-7-9-42-39-56(28-11-41(42)3)72(64,65)57-37-38-58(43(40-57)10-8-2)69-51-26-35-55(36-27-51)71(62,63)54-33-24-50(25-34-54)68-48-18-14-45(15-19-48)59(4,5)44-12-16-47(17-13-44)67-49-22-31-53(32-23-49)70(60,61)52-29-20-46(66-6)21-30-52/h7-8,10-40H,1,9H2,2-6H3/b10-8+. The van der Waals surface area contributed by atoms with Crippen LogP contribution in [0.3, 0.4) is 0 Å². The van der Waals surface area contributed by atoms with Crippen LogP contribution in [0, 0.1) is 6.92 Å². The van der Waals surface area contributed by atoms with Crippen LogP contribution in [0.1, 0.15) is 48.6 Å². The zero-order chi connectivity index (χ0) is 51.3. The molecular weight excluding hydrogens is 965 g/mol. The van der Waals surface area contributed by atoms with Gasteiger partial charge in [0.1, 0.15) is 40.2 Å². The Hall–Kier alpha value is -7.71. The van der Waals surface area contributed by atoms with Crippen LogP contribution in [-0.4, -0.2) is 32.4 Å². The minimum Gasteiger partial charge on any atom is -0.497 e. The molecule has 0 aliphatic rings. The molecule has 8 rings (SSSR count). The van der Waals surface area contributed by atoms with Crippen molar-refractivity contribution >= 4 is 35.6 Å². The number of ether oxygens (including phenoxy) is 4. The topological polar surface area (TPSA) is 139 Å². The molecule has 0 saturated heterocycles. The van der Waals surface area contributed by atoms with Gasteiger partial charge in [-0.2, -0.15) is 0 Å². The van der Waals surface area contributed by atoms with Gasteiger partial charge in [0.05, 0.1) is 36.5 Å². The Morgan fingerprint density at radius 2 is 0.806 bits per heavy atom. The summed E-state index contributed by atoms with van der Waals surface area (Å²) in [6, 6.07) is 50.0. The summed E-state index contributed by atoms with van der Waals surface area (Å²) in [5.41, 5.74) is 4.10. The zero-order valence-electron chi connectivity index (χ0n) is 40.3. The van der Waals surface area contributed by atoms with Gasteiger partial charge in [-0.05, 0) is 194 Å². The van der Waals surface area contributed by atoms with Crippen molar-refractivity contribution in [2.24, 2.45) is 0 Å². The molecule has 366 valence electrons. The lowest BCUT2D eigenvalue weighted by molar-refractivity contribution is 0.414. The lowest BCUT2D eigenvalue weighted by Gasteiger charge is -2.26. The second-order valence-corrected chi connectivity index (χ2v) is 23.2. The summed E-state index contributed by atoms with van der Waals surface area (Å²) < 4.78 is 104. The number of allylic oxidation sites excluding steroid dienone is 2. The maximum atomic E-state index is 13.7. The molecule has 72 heavy (non-hydrogen) atoms. The molecule has 13 heteroatoms. The number of benzene rings is 8. The highest BCUT2D eigenvalue weighted by Gasteiger charge is 2.25. The van der Waals surface area contributed by atoms with Crippen molar-refractivity contribution in [1.29, 1.82) is 0 Å². The summed E-state index contributed by atoms with van der Waals surface area (Å²) in [5.74, 6) is 3.46. The fourth-order valence-electron chi connectivity index (χ4n) is 7.96. The van der Waals surface area contributed by atoms with Crippen molar-refractivity contribution in [1.82, 2.24) is 0 Å². The van der Waals surface area contributed by atoms with E-state index in [4.69, 9.17) is 18.9 Å². The number of aryl methyl sites for hydroxylation is 1. The predicted octanol–water partition coefficient (Wildman–Crippen LogP) is 14.0. The molecule has 0 fully saturated rings. The lowest BCUT2D eigenvalue weighted by Crippen LogP contribution is -2.18. The van der Waals surface area contributed by atoms with Gasteiger partial charge in [-0.3, -0.25) is 0 Å². The van der Waals surface area contributed by atoms with Crippen molar-refractivity contribution in [3.8, 4) is 40.2 Å². The second-order valence-electron chi connectivity index (χ2n) is 17.4. The largest absolute Gasteiger partial charge is 0.497 e. The molecule has 8 aromatic carbocycles. The molecule has 0 radical (unpaired) electrons. The van der Waals surface area contributed by atoms with Crippen LogP contribution in [0.25, 0.3) is 6.08 Å². The highest BCUT2D eigenvalue weighted by molar-refractivity contribution is 7.92.